The molecule has 1 saturated heterocycles. The summed E-state index contributed by atoms with van der Waals surface area (Å²) in [6.07, 6.45) is 2.45. The summed E-state index contributed by atoms with van der Waals surface area (Å²) in [6, 6.07) is 6.54. The fourth-order valence-corrected chi connectivity index (χ4v) is 3.71. The fourth-order valence-electron chi connectivity index (χ4n) is 3.01. The van der Waals surface area contributed by atoms with Crippen LogP contribution in [0.1, 0.15) is 23.3 Å². The van der Waals surface area contributed by atoms with Gasteiger partial charge < -0.3 is 16.0 Å². The highest BCUT2D eigenvalue weighted by molar-refractivity contribution is 6.45. The Morgan fingerprint density at radius 1 is 1.15 bits per heavy atom. The second-order valence-corrected chi connectivity index (χ2v) is 7.40. The summed E-state index contributed by atoms with van der Waals surface area (Å²) in [5, 5.41) is 3.99. The van der Waals surface area contributed by atoms with Crippen molar-refractivity contribution in [2.45, 2.75) is 12.8 Å². The minimum Gasteiger partial charge on any atom is -0.383 e. The molecule has 1 fully saturated rings. The maximum absolute atomic E-state index is 12.3. The lowest BCUT2D eigenvalue weighted by Gasteiger charge is -2.15. The molecule has 0 saturated carbocycles. The van der Waals surface area contributed by atoms with Gasteiger partial charge in [-0.2, -0.15) is 0 Å². The van der Waals surface area contributed by atoms with E-state index in [1.165, 1.54) is 12.8 Å². The molecule has 1 aliphatic heterocycles. The van der Waals surface area contributed by atoms with E-state index >= 15 is 0 Å². The SMILES string of the molecule is Nc1nc(C(=O)NCCN2CCCC2)ccc1-c1cc(Cl)cc(Cl)c1Cl. The van der Waals surface area contributed by atoms with Crippen molar-refractivity contribution in [2.24, 2.45) is 0 Å². The lowest BCUT2D eigenvalue weighted by atomic mass is 10.1. The number of likely N-dealkylation sites (tertiary alicyclic amines) is 1. The highest BCUT2D eigenvalue weighted by Gasteiger charge is 2.16. The molecular weight excluding hydrogens is 395 g/mol. The number of aromatic nitrogens is 1. The monoisotopic (exact) mass is 412 g/mol. The Hall–Kier alpha value is -1.53. The minimum atomic E-state index is -0.252. The number of amides is 1. The van der Waals surface area contributed by atoms with Gasteiger partial charge in [-0.3, -0.25) is 4.79 Å². The summed E-state index contributed by atoms with van der Waals surface area (Å²) in [7, 11) is 0. The second-order valence-electron chi connectivity index (χ2n) is 6.18. The average Bonchev–Trinajstić information content (AvgIpc) is 3.11. The van der Waals surface area contributed by atoms with Gasteiger partial charge in [0.1, 0.15) is 11.5 Å². The van der Waals surface area contributed by atoms with E-state index in [9.17, 15) is 4.79 Å². The van der Waals surface area contributed by atoms with E-state index in [2.05, 4.69) is 15.2 Å². The zero-order valence-corrected chi connectivity index (χ0v) is 16.3. The molecule has 0 unspecified atom stereocenters. The quantitative estimate of drug-likeness (QED) is 0.723. The van der Waals surface area contributed by atoms with Crippen LogP contribution in [0.5, 0.6) is 0 Å². The number of anilines is 1. The van der Waals surface area contributed by atoms with Gasteiger partial charge in [0, 0.05) is 29.2 Å². The summed E-state index contributed by atoms with van der Waals surface area (Å²) >= 11 is 18.4. The van der Waals surface area contributed by atoms with Crippen molar-refractivity contribution in [3.63, 3.8) is 0 Å². The van der Waals surface area contributed by atoms with E-state index in [0.717, 1.165) is 19.6 Å². The number of carbonyl (C=O) groups is 1. The van der Waals surface area contributed by atoms with Crippen LogP contribution < -0.4 is 11.1 Å². The molecule has 1 aliphatic rings. The largest absolute Gasteiger partial charge is 0.383 e. The fraction of sp³-hybridized carbons (Fsp3) is 0.333. The van der Waals surface area contributed by atoms with Gasteiger partial charge in [0.15, 0.2) is 0 Å². The number of nitrogens with zero attached hydrogens (tertiary/aromatic N) is 2. The smallest absolute Gasteiger partial charge is 0.270 e. The van der Waals surface area contributed by atoms with Crippen molar-refractivity contribution in [1.29, 1.82) is 0 Å². The van der Waals surface area contributed by atoms with Gasteiger partial charge in [-0.25, -0.2) is 4.98 Å². The molecule has 0 atom stereocenters. The molecule has 0 radical (unpaired) electrons. The first-order valence-electron chi connectivity index (χ1n) is 8.37. The van der Waals surface area contributed by atoms with E-state index in [-0.39, 0.29) is 17.4 Å². The predicted octanol–water partition coefficient (Wildman–Crippen LogP) is 4.12. The Labute approximate surface area is 167 Å². The molecule has 2 heterocycles. The molecule has 138 valence electrons. The van der Waals surface area contributed by atoms with Gasteiger partial charge in [0.05, 0.1) is 10.0 Å². The molecule has 1 aromatic carbocycles. The molecule has 0 aliphatic carbocycles. The summed E-state index contributed by atoms with van der Waals surface area (Å²) in [6.45, 7) is 3.62. The van der Waals surface area contributed by atoms with Gasteiger partial charge in [0.2, 0.25) is 0 Å². The van der Waals surface area contributed by atoms with Gasteiger partial charge >= 0.3 is 0 Å². The zero-order valence-electron chi connectivity index (χ0n) is 14.1. The summed E-state index contributed by atoms with van der Waals surface area (Å²) < 4.78 is 0. The van der Waals surface area contributed by atoms with Gasteiger partial charge in [-0.05, 0) is 50.2 Å². The Morgan fingerprint density at radius 2 is 1.88 bits per heavy atom. The third kappa shape index (κ3) is 4.41. The number of hydrogen-bond donors (Lipinski definition) is 2. The number of nitrogens with two attached hydrogens (primary N) is 1. The molecule has 8 heteroatoms. The van der Waals surface area contributed by atoms with Crippen molar-refractivity contribution < 1.29 is 4.79 Å². The molecule has 1 aromatic heterocycles. The molecular formula is C18H19Cl3N4O. The summed E-state index contributed by atoms with van der Waals surface area (Å²) in [5.41, 5.74) is 7.46. The Morgan fingerprint density at radius 3 is 2.58 bits per heavy atom. The van der Waals surface area contributed by atoms with Gasteiger partial charge in [-0.15, -0.1) is 0 Å². The van der Waals surface area contributed by atoms with Gasteiger partial charge in [0.25, 0.3) is 5.91 Å². The van der Waals surface area contributed by atoms with E-state index in [4.69, 9.17) is 40.5 Å². The molecule has 3 rings (SSSR count). The number of rotatable bonds is 5. The third-order valence-corrected chi connectivity index (χ3v) is 5.37. The number of nitrogens with one attached hydrogen (secondary N) is 1. The number of hydrogen-bond acceptors (Lipinski definition) is 4. The summed E-state index contributed by atoms with van der Waals surface area (Å²) in [5.74, 6) is -0.0601. The van der Waals surface area contributed by atoms with Crippen LogP contribution in [0.25, 0.3) is 11.1 Å². The number of nitrogen functional groups attached to an aromatic ring is 1. The normalized spacial score (nSPS) is 14.6. The Kier molecular flexibility index (Phi) is 6.24. The minimum absolute atomic E-state index is 0.192. The molecule has 5 nitrogen and oxygen atoms in total. The highest BCUT2D eigenvalue weighted by Crippen LogP contribution is 2.38. The standard InChI is InChI=1S/C18H19Cl3N4O/c19-11-9-13(16(21)14(20)10-11)12-3-4-15(24-17(12)22)18(26)23-5-8-25-6-1-2-7-25/h3-4,9-10H,1-2,5-8H2,(H2,22,24)(H,23,26). The van der Waals surface area contributed by atoms with Crippen LogP contribution in [0.3, 0.4) is 0 Å². The van der Waals surface area contributed by atoms with Crippen LogP contribution in [0, 0.1) is 0 Å². The summed E-state index contributed by atoms with van der Waals surface area (Å²) in [4.78, 5) is 18.8. The van der Waals surface area contributed by atoms with Crippen LogP contribution in [-0.2, 0) is 0 Å². The van der Waals surface area contributed by atoms with E-state index in [0.29, 0.717) is 32.7 Å². The Bertz CT molecular complexity index is 822. The molecule has 1 amide bonds. The van der Waals surface area contributed by atoms with Crippen molar-refractivity contribution in [1.82, 2.24) is 15.2 Å². The lowest BCUT2D eigenvalue weighted by molar-refractivity contribution is 0.0945. The molecule has 0 bridgehead atoms. The first-order valence-corrected chi connectivity index (χ1v) is 9.51. The van der Waals surface area contributed by atoms with Crippen molar-refractivity contribution in [2.75, 3.05) is 31.9 Å². The predicted molar refractivity (Wildman–Crippen MR) is 107 cm³/mol. The first-order chi connectivity index (χ1) is 12.5. The molecule has 3 N–H and O–H groups in total. The first kappa shape index (κ1) is 19.2. The number of halogens is 3. The topological polar surface area (TPSA) is 71.2 Å². The molecule has 26 heavy (non-hydrogen) atoms. The van der Waals surface area contributed by atoms with Crippen LogP contribution >= 0.6 is 34.8 Å². The van der Waals surface area contributed by atoms with Crippen LogP contribution in [0.4, 0.5) is 5.82 Å². The molecule has 2 aromatic rings. The third-order valence-electron chi connectivity index (χ3n) is 4.35. The van der Waals surface area contributed by atoms with E-state index in [1.54, 1.807) is 24.3 Å². The Balaban J connectivity index is 1.72. The average molecular weight is 414 g/mol. The lowest BCUT2D eigenvalue weighted by Crippen LogP contribution is -2.33. The van der Waals surface area contributed by atoms with Crippen LogP contribution in [0.2, 0.25) is 15.1 Å². The van der Waals surface area contributed by atoms with Crippen molar-refractivity contribution in [3.8, 4) is 11.1 Å². The number of carbonyl (C=O) groups excluding carboxylic acids is 1. The maximum Gasteiger partial charge on any atom is 0.270 e. The zero-order chi connectivity index (χ0) is 18.7. The van der Waals surface area contributed by atoms with Crippen LogP contribution in [0.15, 0.2) is 24.3 Å². The van der Waals surface area contributed by atoms with Crippen molar-refractivity contribution in [3.05, 3.63) is 45.0 Å². The highest BCUT2D eigenvalue weighted by atomic mass is 35.5. The number of benzene rings is 1. The van der Waals surface area contributed by atoms with Crippen molar-refractivity contribution >= 4 is 46.5 Å². The van der Waals surface area contributed by atoms with E-state index in [1.807, 2.05) is 0 Å². The second kappa shape index (κ2) is 8.44. The van der Waals surface area contributed by atoms with Gasteiger partial charge in [-0.1, -0.05) is 34.8 Å². The number of pyridine rings is 1. The van der Waals surface area contributed by atoms with E-state index < -0.39 is 0 Å². The van der Waals surface area contributed by atoms with Crippen LogP contribution in [-0.4, -0.2) is 42.0 Å². The maximum atomic E-state index is 12.3. The molecule has 0 spiro atoms.